The number of anilines is 2. The molecule has 114 valence electrons. The largest absolute Gasteiger partial charge is 0.371 e. The maximum atomic E-state index is 12.8. The van der Waals surface area contributed by atoms with E-state index in [-0.39, 0.29) is 5.91 Å². The number of hydrogen-bond acceptors (Lipinski definition) is 2. The predicted octanol–water partition coefficient (Wildman–Crippen LogP) is 4.16. The van der Waals surface area contributed by atoms with E-state index in [1.807, 2.05) is 56.3 Å². The molecule has 0 aromatic heterocycles. The summed E-state index contributed by atoms with van der Waals surface area (Å²) >= 11 is 0. The first-order valence-corrected chi connectivity index (χ1v) is 7.88. The highest BCUT2D eigenvalue weighted by Gasteiger charge is 2.19. The fourth-order valence-corrected chi connectivity index (χ4v) is 3.09. The van der Waals surface area contributed by atoms with Crippen molar-refractivity contribution in [2.24, 2.45) is 0 Å². The number of carbonyl (C=O) groups excluding carboxylic acids is 1. The van der Waals surface area contributed by atoms with E-state index in [2.05, 4.69) is 10.2 Å². The summed E-state index contributed by atoms with van der Waals surface area (Å²) in [6.45, 7) is 6.12. The molecule has 2 aromatic carbocycles. The van der Waals surface area contributed by atoms with Crippen LogP contribution in [0.5, 0.6) is 0 Å². The molecule has 1 N–H and O–H groups in total. The van der Waals surface area contributed by atoms with E-state index in [0.717, 1.165) is 41.2 Å². The van der Waals surface area contributed by atoms with E-state index in [1.165, 1.54) is 12.8 Å². The number of rotatable bonds is 3. The maximum absolute atomic E-state index is 12.8. The van der Waals surface area contributed by atoms with Crippen LogP contribution in [0.1, 0.15) is 34.3 Å². The van der Waals surface area contributed by atoms with Crippen molar-refractivity contribution in [3.8, 4) is 0 Å². The summed E-state index contributed by atoms with van der Waals surface area (Å²) in [6, 6.07) is 14.0. The van der Waals surface area contributed by atoms with Gasteiger partial charge in [-0.1, -0.05) is 30.3 Å². The minimum atomic E-state index is -0.0279. The summed E-state index contributed by atoms with van der Waals surface area (Å²) in [7, 11) is 0. The number of nitrogens with one attached hydrogen (secondary N) is 1. The van der Waals surface area contributed by atoms with Crippen molar-refractivity contribution in [3.63, 3.8) is 0 Å². The van der Waals surface area contributed by atoms with Gasteiger partial charge in [0.05, 0.1) is 5.56 Å². The Hall–Kier alpha value is -2.29. The number of hydrogen-bond donors (Lipinski definition) is 1. The van der Waals surface area contributed by atoms with Gasteiger partial charge in [0.15, 0.2) is 0 Å². The van der Waals surface area contributed by atoms with Crippen LogP contribution in [0.2, 0.25) is 0 Å². The zero-order valence-corrected chi connectivity index (χ0v) is 13.2. The van der Waals surface area contributed by atoms with Crippen molar-refractivity contribution in [1.82, 2.24) is 0 Å². The predicted molar refractivity (Wildman–Crippen MR) is 91.8 cm³/mol. The maximum Gasteiger partial charge on any atom is 0.257 e. The molecule has 3 heteroatoms. The van der Waals surface area contributed by atoms with E-state index in [0.29, 0.717) is 0 Å². The molecule has 3 nitrogen and oxygen atoms in total. The topological polar surface area (TPSA) is 32.3 Å². The van der Waals surface area contributed by atoms with E-state index in [9.17, 15) is 4.79 Å². The lowest BCUT2D eigenvalue weighted by Crippen LogP contribution is -2.23. The fourth-order valence-electron chi connectivity index (χ4n) is 3.09. The average molecular weight is 294 g/mol. The molecule has 0 saturated carbocycles. The number of para-hydroxylation sites is 2. The van der Waals surface area contributed by atoms with Gasteiger partial charge in [-0.2, -0.15) is 0 Å². The zero-order chi connectivity index (χ0) is 15.5. The summed E-state index contributed by atoms with van der Waals surface area (Å²) in [6.07, 6.45) is 2.40. The molecule has 0 radical (unpaired) electrons. The second-order valence-electron chi connectivity index (χ2n) is 5.93. The van der Waals surface area contributed by atoms with Crippen LogP contribution in [0.3, 0.4) is 0 Å². The lowest BCUT2D eigenvalue weighted by molar-refractivity contribution is 0.102. The lowest BCUT2D eigenvalue weighted by atomic mass is 10.1. The number of benzene rings is 2. The third-order valence-electron chi connectivity index (χ3n) is 4.32. The molecule has 0 bridgehead atoms. The van der Waals surface area contributed by atoms with Crippen LogP contribution in [0.4, 0.5) is 11.4 Å². The molecule has 1 saturated heterocycles. The summed E-state index contributed by atoms with van der Waals surface area (Å²) in [5.74, 6) is -0.0279. The SMILES string of the molecule is Cc1cccc(C)c1NC(=O)c1ccccc1N1CCCC1. The van der Waals surface area contributed by atoms with Gasteiger partial charge in [-0.25, -0.2) is 0 Å². The van der Waals surface area contributed by atoms with Crippen molar-refractivity contribution < 1.29 is 4.79 Å². The van der Waals surface area contributed by atoms with Gasteiger partial charge < -0.3 is 10.2 Å². The van der Waals surface area contributed by atoms with Gasteiger partial charge in [-0.15, -0.1) is 0 Å². The summed E-state index contributed by atoms with van der Waals surface area (Å²) in [4.78, 5) is 15.1. The van der Waals surface area contributed by atoms with Crippen molar-refractivity contribution in [1.29, 1.82) is 0 Å². The number of carbonyl (C=O) groups is 1. The smallest absolute Gasteiger partial charge is 0.257 e. The van der Waals surface area contributed by atoms with Crippen molar-refractivity contribution in [3.05, 3.63) is 59.2 Å². The van der Waals surface area contributed by atoms with Crippen LogP contribution in [0.15, 0.2) is 42.5 Å². The second-order valence-corrected chi connectivity index (χ2v) is 5.93. The van der Waals surface area contributed by atoms with Gasteiger partial charge in [-0.3, -0.25) is 4.79 Å². The van der Waals surface area contributed by atoms with Crippen molar-refractivity contribution >= 4 is 17.3 Å². The first-order valence-electron chi connectivity index (χ1n) is 7.88. The normalized spacial score (nSPS) is 14.2. The Morgan fingerprint density at radius 2 is 1.59 bits per heavy atom. The molecule has 1 heterocycles. The minimum Gasteiger partial charge on any atom is -0.371 e. The Morgan fingerprint density at radius 3 is 2.27 bits per heavy atom. The highest BCUT2D eigenvalue weighted by molar-refractivity contribution is 6.08. The molecule has 0 unspecified atom stereocenters. The van der Waals surface area contributed by atoms with Gasteiger partial charge in [-0.05, 0) is 49.9 Å². The third kappa shape index (κ3) is 2.84. The zero-order valence-electron chi connectivity index (χ0n) is 13.2. The molecule has 0 spiro atoms. The van der Waals surface area contributed by atoms with E-state index >= 15 is 0 Å². The molecule has 3 rings (SSSR count). The second kappa shape index (κ2) is 6.22. The average Bonchev–Trinajstić information content (AvgIpc) is 3.05. The van der Waals surface area contributed by atoms with Crippen LogP contribution < -0.4 is 10.2 Å². The number of aryl methyl sites for hydroxylation is 2. The van der Waals surface area contributed by atoms with Crippen LogP contribution in [-0.4, -0.2) is 19.0 Å². The van der Waals surface area contributed by atoms with Gasteiger partial charge in [0.1, 0.15) is 0 Å². The molecule has 22 heavy (non-hydrogen) atoms. The molecule has 1 aliphatic rings. The van der Waals surface area contributed by atoms with Crippen molar-refractivity contribution in [2.45, 2.75) is 26.7 Å². The standard InChI is InChI=1S/C19H22N2O/c1-14-8-7-9-15(2)18(14)20-19(22)16-10-3-4-11-17(16)21-12-5-6-13-21/h3-4,7-11H,5-6,12-13H2,1-2H3,(H,20,22). The van der Waals surface area contributed by atoms with Crippen LogP contribution in [0, 0.1) is 13.8 Å². The van der Waals surface area contributed by atoms with Crippen molar-refractivity contribution in [2.75, 3.05) is 23.3 Å². The fraction of sp³-hybridized carbons (Fsp3) is 0.316. The van der Waals surface area contributed by atoms with Gasteiger partial charge >= 0.3 is 0 Å². The van der Waals surface area contributed by atoms with Gasteiger partial charge in [0.2, 0.25) is 0 Å². The Labute approximate surface area is 132 Å². The van der Waals surface area contributed by atoms with Crippen LogP contribution in [0.25, 0.3) is 0 Å². The lowest BCUT2D eigenvalue weighted by Gasteiger charge is -2.21. The number of nitrogens with zero attached hydrogens (tertiary/aromatic N) is 1. The minimum absolute atomic E-state index is 0.0279. The molecule has 2 aromatic rings. The molecular formula is C19H22N2O. The van der Waals surface area contributed by atoms with Gasteiger partial charge in [0.25, 0.3) is 5.91 Å². The monoisotopic (exact) mass is 294 g/mol. The van der Waals surface area contributed by atoms with E-state index in [4.69, 9.17) is 0 Å². The first kappa shape index (κ1) is 14.6. The summed E-state index contributed by atoms with van der Waals surface area (Å²) < 4.78 is 0. The molecular weight excluding hydrogens is 272 g/mol. The molecule has 0 atom stereocenters. The Balaban J connectivity index is 1.89. The number of amides is 1. The Bertz CT molecular complexity index is 667. The first-order chi connectivity index (χ1) is 10.7. The Kier molecular flexibility index (Phi) is 4.14. The Morgan fingerprint density at radius 1 is 0.955 bits per heavy atom. The molecule has 0 aliphatic carbocycles. The summed E-state index contributed by atoms with van der Waals surface area (Å²) in [5, 5.41) is 3.09. The van der Waals surface area contributed by atoms with Crippen LogP contribution >= 0.6 is 0 Å². The van der Waals surface area contributed by atoms with E-state index < -0.39 is 0 Å². The highest BCUT2D eigenvalue weighted by Crippen LogP contribution is 2.26. The molecule has 1 fully saturated rings. The third-order valence-corrected chi connectivity index (χ3v) is 4.32. The molecule has 1 aliphatic heterocycles. The summed E-state index contributed by atoms with van der Waals surface area (Å²) in [5.41, 5.74) is 4.90. The quantitative estimate of drug-likeness (QED) is 0.922. The van der Waals surface area contributed by atoms with Gasteiger partial charge in [0, 0.05) is 24.5 Å². The molecule has 1 amide bonds. The van der Waals surface area contributed by atoms with E-state index in [1.54, 1.807) is 0 Å². The highest BCUT2D eigenvalue weighted by atomic mass is 16.1. The van der Waals surface area contributed by atoms with Crippen LogP contribution in [-0.2, 0) is 0 Å².